The van der Waals surface area contributed by atoms with Gasteiger partial charge < -0.3 is 29.1 Å². The van der Waals surface area contributed by atoms with Gasteiger partial charge >= 0.3 is 11.9 Å². The number of benzene rings is 3. The standard InChI is InChI=1S/C25H30N2O4.C18H24N2O4/c1-2-30-25(29)21-9-6-13-26(16-21)17-24(28)27-14-12-20-15-22(10-11-23(20)27)31-18-19-7-4-3-5-8-19;1-2-24-18(23)14-4-3-8-19(11-14)12-17(22)20-9-7-13-10-15(21)5-6-16(13)20/h3-5,7-8,10-11,15,21H,2,6,9,12-14,16-18H2,1H3;5-6,10,14,21H,2-4,7-9,11-12H2,1H3/t21-;14-/m11/s1. The molecule has 2 atom stereocenters. The van der Waals surface area contributed by atoms with Crippen molar-refractivity contribution in [3.63, 3.8) is 0 Å². The van der Waals surface area contributed by atoms with Crippen LogP contribution in [0.25, 0.3) is 0 Å². The number of ether oxygens (including phenoxy) is 3. The monoisotopic (exact) mass is 754 g/mol. The van der Waals surface area contributed by atoms with E-state index < -0.39 is 0 Å². The second-order valence-corrected chi connectivity index (χ2v) is 14.6. The molecule has 12 nitrogen and oxygen atoms in total. The smallest absolute Gasteiger partial charge is 0.310 e. The third-order valence-electron chi connectivity index (χ3n) is 10.7. The van der Waals surface area contributed by atoms with Crippen molar-refractivity contribution in [2.45, 2.75) is 59.0 Å². The Bertz CT molecular complexity index is 1800. The van der Waals surface area contributed by atoms with Gasteiger partial charge in [-0.25, -0.2) is 0 Å². The molecule has 2 saturated heterocycles. The summed E-state index contributed by atoms with van der Waals surface area (Å²) in [7, 11) is 0. The number of phenolic OH excluding ortho intramolecular Hbond substituents is 1. The third kappa shape index (κ3) is 10.4. The van der Waals surface area contributed by atoms with Crippen molar-refractivity contribution >= 4 is 35.1 Å². The lowest BCUT2D eigenvalue weighted by Gasteiger charge is -2.32. The maximum absolute atomic E-state index is 13.0. The van der Waals surface area contributed by atoms with Crippen LogP contribution in [0.1, 0.15) is 56.2 Å². The SMILES string of the molecule is CCOC(=O)[C@@H]1CCCN(CC(=O)N2CCc3cc(O)ccc32)C1.CCOC(=O)[C@@H]1CCCN(CC(=O)N2CCc3cc(OCc4ccccc4)ccc32)C1. The predicted octanol–water partition coefficient (Wildman–Crippen LogP) is 4.99. The number of anilines is 2. The molecular formula is C43H54N4O8. The van der Waals surface area contributed by atoms with Crippen LogP contribution in [0, 0.1) is 11.8 Å². The first-order valence-electron chi connectivity index (χ1n) is 19.7. The fraction of sp³-hybridized carbons (Fsp3) is 0.488. The number of nitrogens with zero attached hydrogens (tertiary/aromatic N) is 4. The van der Waals surface area contributed by atoms with Gasteiger partial charge in [-0.15, -0.1) is 0 Å². The normalized spacial score (nSPS) is 19.5. The van der Waals surface area contributed by atoms with E-state index in [2.05, 4.69) is 4.90 Å². The Balaban J connectivity index is 0.000000193. The Kier molecular flexibility index (Phi) is 13.8. The van der Waals surface area contributed by atoms with E-state index in [4.69, 9.17) is 14.2 Å². The van der Waals surface area contributed by atoms with Crippen LogP contribution in [0.4, 0.5) is 11.4 Å². The quantitative estimate of drug-likeness (QED) is 0.268. The van der Waals surface area contributed by atoms with E-state index in [0.29, 0.717) is 59.1 Å². The number of aromatic hydroxyl groups is 1. The molecule has 0 radical (unpaired) electrons. The van der Waals surface area contributed by atoms with Crippen LogP contribution in [-0.4, -0.2) is 104 Å². The summed E-state index contributed by atoms with van der Waals surface area (Å²) >= 11 is 0. The van der Waals surface area contributed by atoms with Crippen LogP contribution >= 0.6 is 0 Å². The Morgan fingerprint density at radius 1 is 0.673 bits per heavy atom. The molecule has 12 heteroatoms. The lowest BCUT2D eigenvalue weighted by Crippen LogP contribution is -2.45. The van der Waals surface area contributed by atoms with Crippen molar-refractivity contribution in [2.75, 3.05) is 75.4 Å². The second-order valence-electron chi connectivity index (χ2n) is 14.6. The Morgan fingerprint density at radius 3 is 1.75 bits per heavy atom. The molecule has 7 rings (SSSR count). The number of carbonyl (C=O) groups is 4. The zero-order valence-electron chi connectivity index (χ0n) is 32.1. The zero-order valence-corrected chi connectivity index (χ0v) is 32.1. The lowest BCUT2D eigenvalue weighted by atomic mass is 9.98. The molecule has 3 aromatic carbocycles. The summed E-state index contributed by atoms with van der Waals surface area (Å²) in [6.07, 6.45) is 5.07. The number of phenols is 1. The fourth-order valence-corrected chi connectivity index (χ4v) is 7.97. The van der Waals surface area contributed by atoms with Gasteiger partial charge in [0.25, 0.3) is 0 Å². The highest BCUT2D eigenvalue weighted by Gasteiger charge is 2.32. The molecular weight excluding hydrogens is 700 g/mol. The van der Waals surface area contributed by atoms with Crippen LogP contribution in [-0.2, 0) is 48.1 Å². The first-order valence-corrected chi connectivity index (χ1v) is 19.7. The highest BCUT2D eigenvalue weighted by atomic mass is 16.5. The van der Waals surface area contributed by atoms with E-state index in [1.165, 1.54) is 0 Å². The molecule has 0 aliphatic carbocycles. The second kappa shape index (κ2) is 19.1. The zero-order chi connectivity index (χ0) is 38.7. The van der Waals surface area contributed by atoms with Gasteiger partial charge in [0.2, 0.25) is 11.8 Å². The number of hydrogen-bond acceptors (Lipinski definition) is 10. The van der Waals surface area contributed by atoms with Gasteiger partial charge in [-0.2, -0.15) is 0 Å². The minimum atomic E-state index is -0.156. The van der Waals surface area contributed by atoms with Crippen molar-refractivity contribution < 1.29 is 38.5 Å². The minimum Gasteiger partial charge on any atom is -0.508 e. The summed E-state index contributed by atoms with van der Waals surface area (Å²) in [5, 5.41) is 9.55. The highest BCUT2D eigenvalue weighted by molar-refractivity contribution is 5.97. The summed E-state index contributed by atoms with van der Waals surface area (Å²) in [5.41, 5.74) is 5.13. The van der Waals surface area contributed by atoms with Crippen molar-refractivity contribution in [3.05, 3.63) is 83.4 Å². The molecule has 0 unspecified atom stereocenters. The molecule has 4 heterocycles. The number of rotatable bonds is 11. The van der Waals surface area contributed by atoms with Crippen molar-refractivity contribution in [1.29, 1.82) is 0 Å². The first-order chi connectivity index (χ1) is 26.7. The average Bonchev–Trinajstić information content (AvgIpc) is 3.82. The molecule has 0 saturated carbocycles. The van der Waals surface area contributed by atoms with Crippen molar-refractivity contribution in [1.82, 2.24) is 9.80 Å². The van der Waals surface area contributed by atoms with Crippen LogP contribution in [0.3, 0.4) is 0 Å². The van der Waals surface area contributed by atoms with E-state index in [9.17, 15) is 24.3 Å². The molecule has 294 valence electrons. The van der Waals surface area contributed by atoms with Crippen LogP contribution in [0.2, 0.25) is 0 Å². The van der Waals surface area contributed by atoms with Gasteiger partial charge in [0, 0.05) is 37.6 Å². The van der Waals surface area contributed by atoms with Gasteiger partial charge in [-0.1, -0.05) is 30.3 Å². The number of amides is 2. The maximum atomic E-state index is 13.0. The number of piperidine rings is 2. The first kappa shape index (κ1) is 39.7. The van der Waals surface area contributed by atoms with Crippen LogP contribution in [0.5, 0.6) is 11.5 Å². The molecule has 4 aliphatic rings. The Hall–Kier alpha value is -4.94. The predicted molar refractivity (Wildman–Crippen MR) is 209 cm³/mol. The lowest BCUT2D eigenvalue weighted by molar-refractivity contribution is -0.151. The summed E-state index contributed by atoms with van der Waals surface area (Å²) in [4.78, 5) is 57.4. The summed E-state index contributed by atoms with van der Waals surface area (Å²) in [6, 6.07) is 21.2. The number of carbonyl (C=O) groups excluding carboxylic acids is 4. The summed E-state index contributed by atoms with van der Waals surface area (Å²) < 4.78 is 16.2. The molecule has 2 fully saturated rings. The highest BCUT2D eigenvalue weighted by Crippen LogP contribution is 2.33. The van der Waals surface area contributed by atoms with E-state index in [1.54, 1.807) is 23.1 Å². The molecule has 55 heavy (non-hydrogen) atoms. The minimum absolute atomic E-state index is 0.0453. The van der Waals surface area contributed by atoms with E-state index in [-0.39, 0.29) is 41.3 Å². The Labute approximate surface area is 323 Å². The van der Waals surface area contributed by atoms with Gasteiger partial charge in [-0.3, -0.25) is 29.0 Å². The third-order valence-corrected chi connectivity index (χ3v) is 10.7. The molecule has 4 aliphatic heterocycles. The number of hydrogen-bond donors (Lipinski definition) is 1. The molecule has 1 N–H and O–H groups in total. The number of esters is 2. The average molecular weight is 755 g/mol. The molecule has 0 bridgehead atoms. The Morgan fingerprint density at radius 2 is 1.20 bits per heavy atom. The summed E-state index contributed by atoms with van der Waals surface area (Å²) in [5.74, 6) is 0.628. The summed E-state index contributed by atoms with van der Waals surface area (Å²) in [6.45, 7) is 9.79. The van der Waals surface area contributed by atoms with Gasteiger partial charge in [0.05, 0.1) is 38.1 Å². The number of fused-ring (bicyclic) bond motifs is 2. The molecule has 0 aromatic heterocycles. The van der Waals surface area contributed by atoms with E-state index >= 15 is 0 Å². The maximum Gasteiger partial charge on any atom is 0.310 e. The topological polar surface area (TPSA) is 129 Å². The van der Waals surface area contributed by atoms with E-state index in [1.807, 2.05) is 72.2 Å². The molecule has 2 amide bonds. The molecule has 0 spiro atoms. The fourth-order valence-electron chi connectivity index (χ4n) is 7.97. The molecule has 3 aromatic rings. The van der Waals surface area contributed by atoms with E-state index in [0.717, 1.165) is 85.4 Å². The van der Waals surface area contributed by atoms with Crippen LogP contribution in [0.15, 0.2) is 66.7 Å². The van der Waals surface area contributed by atoms with Gasteiger partial charge in [0.15, 0.2) is 0 Å². The number of likely N-dealkylation sites (tertiary alicyclic amines) is 2. The van der Waals surface area contributed by atoms with Gasteiger partial charge in [-0.05, 0) is 119 Å². The van der Waals surface area contributed by atoms with Crippen molar-refractivity contribution in [2.24, 2.45) is 11.8 Å². The largest absolute Gasteiger partial charge is 0.508 e. The van der Waals surface area contributed by atoms with Gasteiger partial charge in [0.1, 0.15) is 18.1 Å². The van der Waals surface area contributed by atoms with Crippen molar-refractivity contribution in [3.8, 4) is 11.5 Å². The van der Waals surface area contributed by atoms with Crippen LogP contribution < -0.4 is 14.5 Å².